The number of hydrogen-bond donors (Lipinski definition) is 1. The summed E-state index contributed by atoms with van der Waals surface area (Å²) in [5, 5.41) is 3.47. The van der Waals surface area contributed by atoms with Crippen molar-refractivity contribution in [2.75, 3.05) is 0 Å². The summed E-state index contributed by atoms with van der Waals surface area (Å²) in [5.74, 6) is 2.77. The van der Waals surface area contributed by atoms with E-state index in [2.05, 4.69) is 41.7 Å². The summed E-state index contributed by atoms with van der Waals surface area (Å²) in [6.45, 7) is 0.424. The van der Waals surface area contributed by atoms with Gasteiger partial charge in [0.05, 0.1) is 0 Å². The van der Waals surface area contributed by atoms with Crippen molar-refractivity contribution >= 4 is 5.91 Å². The molecule has 4 aliphatic carbocycles. The molecule has 3 heteroatoms. The second-order valence-electron chi connectivity index (χ2n) is 9.29. The Morgan fingerprint density at radius 2 is 1.44 bits per heavy atom. The summed E-state index contributed by atoms with van der Waals surface area (Å²) >= 11 is 0. The number of hydrogen-bond acceptors (Lipinski definition) is 1. The van der Waals surface area contributed by atoms with E-state index in [9.17, 15) is 4.79 Å². The molecule has 1 amide bonds. The van der Waals surface area contributed by atoms with Gasteiger partial charge in [0, 0.05) is 17.7 Å². The topological polar surface area (TPSA) is 33.0 Å². The smallest absolute Gasteiger partial charge is 0.286 e. The number of carbonyl (C=O) groups excluding carboxylic acids is 1. The van der Waals surface area contributed by atoms with E-state index < -0.39 is 0 Å². The van der Waals surface area contributed by atoms with Crippen LogP contribution in [0.25, 0.3) is 0 Å². The summed E-state index contributed by atoms with van der Waals surface area (Å²) < 4.78 is 2.00. The molecule has 1 aromatic carbocycles. The third-order valence-electron chi connectivity index (χ3n) is 6.98. The molecule has 0 saturated heterocycles. The van der Waals surface area contributed by atoms with Crippen LogP contribution in [0.1, 0.15) is 49.7 Å². The van der Waals surface area contributed by atoms with Crippen LogP contribution >= 0.6 is 0 Å². The number of pyridine rings is 1. The minimum atomic E-state index is 0.111. The molecule has 27 heavy (non-hydrogen) atoms. The molecule has 0 atom stereocenters. The maximum Gasteiger partial charge on any atom is 0.286 e. The second kappa shape index (κ2) is 6.78. The molecule has 3 nitrogen and oxygen atoms in total. The summed E-state index contributed by atoms with van der Waals surface area (Å²) in [7, 11) is 0. The van der Waals surface area contributed by atoms with E-state index in [1.807, 2.05) is 23.0 Å². The SMILES string of the molecule is O=C(C[n+]1ccc(Cc2ccccc2)cc1)NC12CC3CC(CC(C3)C1)C2. The highest BCUT2D eigenvalue weighted by Gasteiger charge is 2.51. The van der Waals surface area contributed by atoms with Crippen LogP contribution in [0.15, 0.2) is 54.9 Å². The van der Waals surface area contributed by atoms with Gasteiger partial charge in [-0.05, 0) is 73.8 Å². The molecule has 0 unspecified atom stereocenters. The van der Waals surface area contributed by atoms with Crippen LogP contribution in [-0.2, 0) is 17.8 Å². The van der Waals surface area contributed by atoms with E-state index in [-0.39, 0.29) is 11.4 Å². The maximum atomic E-state index is 12.7. The third kappa shape index (κ3) is 3.65. The molecule has 4 bridgehead atoms. The van der Waals surface area contributed by atoms with Gasteiger partial charge in [-0.2, -0.15) is 4.57 Å². The number of benzene rings is 1. The first-order valence-corrected chi connectivity index (χ1v) is 10.5. The van der Waals surface area contributed by atoms with Crippen molar-refractivity contribution in [1.82, 2.24) is 5.32 Å². The van der Waals surface area contributed by atoms with Gasteiger partial charge in [0.1, 0.15) is 0 Å². The average Bonchev–Trinajstić information content (AvgIpc) is 2.62. The zero-order valence-electron chi connectivity index (χ0n) is 15.9. The average molecular weight is 362 g/mol. The van der Waals surface area contributed by atoms with Crippen LogP contribution in [0, 0.1) is 17.8 Å². The van der Waals surface area contributed by atoms with Gasteiger partial charge >= 0.3 is 0 Å². The normalized spacial score (nSPS) is 31.0. The summed E-state index contributed by atoms with van der Waals surface area (Å²) in [6, 6.07) is 14.8. The predicted molar refractivity (Wildman–Crippen MR) is 105 cm³/mol. The maximum absolute atomic E-state index is 12.7. The second-order valence-corrected chi connectivity index (χ2v) is 9.29. The zero-order valence-corrected chi connectivity index (χ0v) is 15.9. The van der Waals surface area contributed by atoms with Crippen molar-refractivity contribution in [2.45, 2.75) is 57.0 Å². The first kappa shape index (κ1) is 17.0. The van der Waals surface area contributed by atoms with Crippen molar-refractivity contribution in [3.8, 4) is 0 Å². The monoisotopic (exact) mass is 361 g/mol. The predicted octanol–water partition coefficient (Wildman–Crippen LogP) is 3.65. The lowest BCUT2D eigenvalue weighted by atomic mass is 9.53. The van der Waals surface area contributed by atoms with E-state index in [1.165, 1.54) is 49.7 Å². The van der Waals surface area contributed by atoms with Crippen LogP contribution in [-0.4, -0.2) is 11.4 Å². The Morgan fingerprint density at radius 1 is 0.889 bits per heavy atom. The molecule has 0 radical (unpaired) electrons. The lowest BCUT2D eigenvalue weighted by Crippen LogP contribution is -2.61. The van der Waals surface area contributed by atoms with Gasteiger partial charge in [0.15, 0.2) is 12.4 Å². The van der Waals surface area contributed by atoms with Crippen LogP contribution in [0.4, 0.5) is 0 Å². The quantitative estimate of drug-likeness (QED) is 0.810. The molecule has 0 aliphatic heterocycles. The van der Waals surface area contributed by atoms with Gasteiger partial charge in [0.2, 0.25) is 6.54 Å². The Kier molecular flexibility index (Phi) is 4.26. The Labute approximate surface area is 161 Å². The van der Waals surface area contributed by atoms with E-state index in [0.717, 1.165) is 24.2 Å². The molecule has 6 rings (SSSR count). The Hall–Kier alpha value is -2.16. The van der Waals surface area contributed by atoms with Crippen molar-refractivity contribution in [1.29, 1.82) is 0 Å². The molecule has 4 aliphatic rings. The fraction of sp³-hybridized carbons (Fsp3) is 0.500. The lowest BCUT2D eigenvalue weighted by Gasteiger charge is -2.56. The molecule has 140 valence electrons. The molecular weight excluding hydrogens is 332 g/mol. The van der Waals surface area contributed by atoms with Crippen LogP contribution in [0.3, 0.4) is 0 Å². The molecule has 1 aromatic heterocycles. The number of aromatic nitrogens is 1. The van der Waals surface area contributed by atoms with Crippen molar-refractivity contribution in [2.24, 2.45) is 17.8 Å². The molecule has 4 saturated carbocycles. The fourth-order valence-corrected chi connectivity index (χ4v) is 6.31. The van der Waals surface area contributed by atoms with Gasteiger partial charge in [-0.1, -0.05) is 30.3 Å². The van der Waals surface area contributed by atoms with Gasteiger partial charge in [-0.3, -0.25) is 4.79 Å². The highest BCUT2D eigenvalue weighted by atomic mass is 16.2. The first-order valence-electron chi connectivity index (χ1n) is 10.5. The highest BCUT2D eigenvalue weighted by molar-refractivity contribution is 5.75. The summed E-state index contributed by atoms with van der Waals surface area (Å²) in [6.07, 6.45) is 12.9. The van der Waals surface area contributed by atoms with E-state index >= 15 is 0 Å². The number of carbonyl (C=O) groups is 1. The number of nitrogens with zero attached hydrogens (tertiary/aromatic N) is 1. The Morgan fingerprint density at radius 3 is 2.04 bits per heavy atom. The van der Waals surface area contributed by atoms with Crippen LogP contribution in [0.2, 0.25) is 0 Å². The van der Waals surface area contributed by atoms with Gasteiger partial charge in [-0.25, -0.2) is 0 Å². The van der Waals surface area contributed by atoms with Crippen LogP contribution < -0.4 is 9.88 Å². The number of rotatable bonds is 5. The summed E-state index contributed by atoms with van der Waals surface area (Å²) in [4.78, 5) is 12.7. The zero-order chi connectivity index (χ0) is 18.3. The van der Waals surface area contributed by atoms with E-state index in [0.29, 0.717) is 6.54 Å². The Bertz CT molecular complexity index is 777. The van der Waals surface area contributed by atoms with Crippen molar-refractivity contribution < 1.29 is 9.36 Å². The molecular formula is C24H29N2O+. The molecule has 2 aromatic rings. The first-order chi connectivity index (χ1) is 13.2. The van der Waals surface area contributed by atoms with Gasteiger partial charge in [0.25, 0.3) is 5.91 Å². The minimum Gasteiger partial charge on any atom is -0.345 e. The molecule has 0 spiro atoms. The van der Waals surface area contributed by atoms with Crippen molar-refractivity contribution in [3.63, 3.8) is 0 Å². The summed E-state index contributed by atoms with van der Waals surface area (Å²) in [5.41, 5.74) is 2.70. The molecule has 1 heterocycles. The largest absolute Gasteiger partial charge is 0.345 e. The molecule has 4 fully saturated rings. The fourth-order valence-electron chi connectivity index (χ4n) is 6.31. The standard InChI is InChI=1S/C24H28N2O/c27-23(25-24-14-20-11-21(15-24)13-22(12-20)16-24)17-26-8-6-19(7-9-26)10-18-4-2-1-3-5-18/h1-9,20-22H,10-17H2/p+1. The van der Waals surface area contributed by atoms with Crippen molar-refractivity contribution in [3.05, 3.63) is 66.0 Å². The van der Waals surface area contributed by atoms with E-state index in [1.54, 1.807) is 0 Å². The number of amides is 1. The minimum absolute atomic E-state index is 0.111. The van der Waals surface area contributed by atoms with Crippen LogP contribution in [0.5, 0.6) is 0 Å². The molecule has 1 N–H and O–H groups in total. The highest BCUT2D eigenvalue weighted by Crippen LogP contribution is 2.55. The lowest BCUT2D eigenvalue weighted by molar-refractivity contribution is -0.684. The van der Waals surface area contributed by atoms with E-state index in [4.69, 9.17) is 0 Å². The van der Waals surface area contributed by atoms with Gasteiger partial charge in [-0.15, -0.1) is 0 Å². The Balaban J connectivity index is 1.20. The third-order valence-corrected chi connectivity index (χ3v) is 6.98. The van der Waals surface area contributed by atoms with Gasteiger partial charge < -0.3 is 5.32 Å². The number of nitrogens with one attached hydrogen (secondary N) is 1.